The summed E-state index contributed by atoms with van der Waals surface area (Å²) in [5, 5.41) is 5.33. The van der Waals surface area contributed by atoms with E-state index in [2.05, 4.69) is 26.6 Å². The topological polar surface area (TPSA) is 67.4 Å². The monoisotopic (exact) mass is 376 g/mol. The largest absolute Gasteiger partial charge is 0.484 e. The highest BCUT2D eigenvalue weighted by Gasteiger charge is 2.08. The quantitative estimate of drug-likeness (QED) is 0.842. The van der Waals surface area contributed by atoms with Crippen LogP contribution in [0.1, 0.15) is 15.9 Å². The van der Waals surface area contributed by atoms with Gasteiger partial charge in [0.15, 0.2) is 6.61 Å². The Hall–Kier alpha value is -2.34. The van der Waals surface area contributed by atoms with Crippen LogP contribution in [0.3, 0.4) is 0 Å². The molecule has 23 heavy (non-hydrogen) atoms. The molecule has 0 saturated heterocycles. The Morgan fingerprint density at radius 2 is 1.96 bits per heavy atom. The average molecular weight is 377 g/mol. The molecule has 0 aliphatic carbocycles. The number of amides is 2. The van der Waals surface area contributed by atoms with Crippen LogP contribution in [0.15, 0.2) is 46.9 Å². The van der Waals surface area contributed by atoms with Gasteiger partial charge in [-0.15, -0.1) is 0 Å². The first-order valence-electron chi connectivity index (χ1n) is 7.00. The van der Waals surface area contributed by atoms with Crippen LogP contribution in [0.2, 0.25) is 0 Å². The van der Waals surface area contributed by atoms with E-state index in [-0.39, 0.29) is 18.4 Å². The van der Waals surface area contributed by atoms with Gasteiger partial charge in [0.25, 0.3) is 11.8 Å². The number of rotatable bonds is 5. The summed E-state index contributed by atoms with van der Waals surface area (Å²) in [4.78, 5) is 23.5. The summed E-state index contributed by atoms with van der Waals surface area (Å²) in [6, 6.07) is 12.3. The maximum Gasteiger partial charge on any atom is 0.262 e. The number of nitrogens with one attached hydrogen (secondary N) is 2. The van der Waals surface area contributed by atoms with E-state index in [0.717, 1.165) is 15.7 Å². The lowest BCUT2D eigenvalue weighted by molar-refractivity contribution is -0.118. The Kier molecular flexibility index (Phi) is 5.76. The Morgan fingerprint density at radius 1 is 1.17 bits per heavy atom. The van der Waals surface area contributed by atoms with Crippen molar-refractivity contribution in [1.82, 2.24) is 5.32 Å². The molecule has 2 aromatic rings. The molecule has 0 aromatic heterocycles. The number of anilines is 1. The second-order valence-electron chi connectivity index (χ2n) is 4.90. The molecule has 2 amide bonds. The molecule has 2 aromatic carbocycles. The van der Waals surface area contributed by atoms with Gasteiger partial charge in [-0.1, -0.05) is 22.0 Å². The van der Waals surface area contributed by atoms with Crippen LogP contribution in [-0.4, -0.2) is 25.5 Å². The van der Waals surface area contributed by atoms with E-state index in [9.17, 15) is 9.59 Å². The maximum absolute atomic E-state index is 12.0. The summed E-state index contributed by atoms with van der Waals surface area (Å²) in [6.45, 7) is 1.78. The molecule has 0 bridgehead atoms. The van der Waals surface area contributed by atoms with Crippen LogP contribution in [0.5, 0.6) is 5.75 Å². The molecule has 0 aliphatic heterocycles. The zero-order chi connectivity index (χ0) is 16.8. The third kappa shape index (κ3) is 4.82. The molecule has 6 heteroatoms. The van der Waals surface area contributed by atoms with Crippen molar-refractivity contribution in [2.45, 2.75) is 6.92 Å². The number of ether oxygens (including phenoxy) is 1. The number of hydrogen-bond donors (Lipinski definition) is 2. The molecule has 0 unspecified atom stereocenters. The Balaban J connectivity index is 1.95. The van der Waals surface area contributed by atoms with Crippen molar-refractivity contribution >= 4 is 33.4 Å². The minimum atomic E-state index is -0.263. The summed E-state index contributed by atoms with van der Waals surface area (Å²) in [7, 11) is 1.56. The highest BCUT2D eigenvalue weighted by Crippen LogP contribution is 2.20. The maximum atomic E-state index is 12.0. The zero-order valence-corrected chi connectivity index (χ0v) is 14.4. The molecule has 0 heterocycles. The van der Waals surface area contributed by atoms with Gasteiger partial charge in [-0.25, -0.2) is 0 Å². The molecule has 0 fully saturated rings. The lowest BCUT2D eigenvalue weighted by Gasteiger charge is -2.10. The van der Waals surface area contributed by atoms with Crippen molar-refractivity contribution in [3.63, 3.8) is 0 Å². The predicted octanol–water partition coefficient (Wildman–Crippen LogP) is 3.13. The SMILES string of the molecule is CNC(=O)c1cccc(OCC(=O)Nc2ccc(Br)cc2C)c1. The first-order valence-corrected chi connectivity index (χ1v) is 7.80. The number of carbonyl (C=O) groups is 2. The lowest BCUT2D eigenvalue weighted by atomic mass is 10.2. The molecule has 5 nitrogen and oxygen atoms in total. The molecule has 0 spiro atoms. The number of hydrogen-bond acceptors (Lipinski definition) is 3. The van der Waals surface area contributed by atoms with E-state index in [0.29, 0.717) is 11.3 Å². The number of carbonyl (C=O) groups excluding carboxylic acids is 2. The van der Waals surface area contributed by atoms with Gasteiger partial charge in [0, 0.05) is 22.8 Å². The lowest BCUT2D eigenvalue weighted by Crippen LogP contribution is -2.21. The molecule has 0 radical (unpaired) electrons. The van der Waals surface area contributed by atoms with E-state index in [4.69, 9.17) is 4.74 Å². The first-order chi connectivity index (χ1) is 11.0. The van der Waals surface area contributed by atoms with Crippen LogP contribution in [0, 0.1) is 6.92 Å². The van der Waals surface area contributed by atoms with Crippen molar-refractivity contribution in [2.24, 2.45) is 0 Å². The minimum Gasteiger partial charge on any atom is -0.484 e. The van der Waals surface area contributed by atoms with Crippen molar-refractivity contribution in [2.75, 3.05) is 19.0 Å². The number of aryl methyl sites for hydroxylation is 1. The van der Waals surface area contributed by atoms with Crippen molar-refractivity contribution in [1.29, 1.82) is 0 Å². The smallest absolute Gasteiger partial charge is 0.262 e. The highest BCUT2D eigenvalue weighted by atomic mass is 79.9. The molecule has 120 valence electrons. The van der Waals surface area contributed by atoms with E-state index in [1.54, 1.807) is 31.3 Å². The van der Waals surface area contributed by atoms with Gasteiger partial charge >= 0.3 is 0 Å². The Morgan fingerprint density at radius 3 is 2.65 bits per heavy atom. The van der Waals surface area contributed by atoms with E-state index < -0.39 is 0 Å². The van der Waals surface area contributed by atoms with Gasteiger partial charge in [0.2, 0.25) is 0 Å². The van der Waals surface area contributed by atoms with Crippen LogP contribution in [0.4, 0.5) is 5.69 Å². The molecular weight excluding hydrogens is 360 g/mol. The second-order valence-corrected chi connectivity index (χ2v) is 5.82. The summed E-state index contributed by atoms with van der Waals surface area (Å²) in [5.41, 5.74) is 2.17. The normalized spacial score (nSPS) is 10.0. The van der Waals surface area contributed by atoms with E-state index in [1.807, 2.05) is 25.1 Å². The van der Waals surface area contributed by atoms with Gasteiger partial charge < -0.3 is 15.4 Å². The zero-order valence-electron chi connectivity index (χ0n) is 12.9. The molecule has 0 saturated carbocycles. The van der Waals surface area contributed by atoms with Crippen LogP contribution < -0.4 is 15.4 Å². The van der Waals surface area contributed by atoms with Gasteiger partial charge in [-0.2, -0.15) is 0 Å². The summed E-state index contributed by atoms with van der Waals surface area (Å²) in [5.74, 6) is -0.0000598. The van der Waals surface area contributed by atoms with Gasteiger partial charge in [-0.3, -0.25) is 9.59 Å². The second kappa shape index (κ2) is 7.78. The first kappa shape index (κ1) is 17.0. The standard InChI is InChI=1S/C17H17BrN2O3/c1-11-8-13(18)6-7-15(11)20-16(21)10-23-14-5-3-4-12(9-14)17(22)19-2/h3-9H,10H2,1-2H3,(H,19,22)(H,20,21). The van der Waals surface area contributed by atoms with E-state index in [1.165, 1.54) is 0 Å². The summed E-state index contributed by atoms with van der Waals surface area (Å²) in [6.07, 6.45) is 0. The fourth-order valence-corrected chi connectivity index (χ4v) is 2.45. The molecule has 0 aliphatic rings. The third-order valence-electron chi connectivity index (χ3n) is 3.16. The van der Waals surface area contributed by atoms with E-state index >= 15 is 0 Å². The number of halogens is 1. The van der Waals surface area contributed by atoms with Crippen molar-refractivity contribution < 1.29 is 14.3 Å². The fraction of sp³-hybridized carbons (Fsp3) is 0.176. The Bertz CT molecular complexity index is 732. The van der Waals surface area contributed by atoms with Crippen molar-refractivity contribution in [3.8, 4) is 5.75 Å². The van der Waals surface area contributed by atoms with Crippen LogP contribution in [0.25, 0.3) is 0 Å². The van der Waals surface area contributed by atoms with Gasteiger partial charge in [-0.05, 0) is 48.9 Å². The molecule has 0 atom stereocenters. The predicted molar refractivity (Wildman–Crippen MR) is 92.8 cm³/mol. The van der Waals surface area contributed by atoms with Crippen LogP contribution in [-0.2, 0) is 4.79 Å². The number of benzene rings is 2. The van der Waals surface area contributed by atoms with Gasteiger partial charge in [0.1, 0.15) is 5.75 Å². The fourth-order valence-electron chi connectivity index (χ4n) is 1.97. The third-order valence-corrected chi connectivity index (χ3v) is 3.65. The van der Waals surface area contributed by atoms with Crippen molar-refractivity contribution in [3.05, 3.63) is 58.1 Å². The molecule has 2 N–H and O–H groups in total. The summed E-state index contributed by atoms with van der Waals surface area (Å²) >= 11 is 3.38. The van der Waals surface area contributed by atoms with Crippen LogP contribution >= 0.6 is 15.9 Å². The Labute approximate surface area is 143 Å². The highest BCUT2D eigenvalue weighted by molar-refractivity contribution is 9.10. The minimum absolute atomic E-state index is 0.132. The molecule has 2 rings (SSSR count). The molecular formula is C17H17BrN2O3. The summed E-state index contributed by atoms with van der Waals surface area (Å²) < 4.78 is 6.39. The van der Waals surface area contributed by atoms with Gasteiger partial charge in [0.05, 0.1) is 0 Å². The average Bonchev–Trinajstić information content (AvgIpc) is 2.55.